The Morgan fingerprint density at radius 3 is 2.61 bits per heavy atom. The number of fused-ring (bicyclic) bond motifs is 2. The number of benzene rings is 1. The lowest BCUT2D eigenvalue weighted by molar-refractivity contribution is -0.143. The zero-order valence-corrected chi connectivity index (χ0v) is 15.3. The highest BCUT2D eigenvalue weighted by Crippen LogP contribution is 2.49. The van der Waals surface area contributed by atoms with Gasteiger partial charge in [-0.05, 0) is 48.4 Å². The Morgan fingerprint density at radius 2 is 1.93 bits per heavy atom. The largest absolute Gasteiger partial charge is 0.416 e. The molecule has 1 aromatic rings. The Bertz CT molecular complexity index is 828. The quantitative estimate of drug-likeness (QED) is 0.757. The molecule has 3 aliphatic rings. The van der Waals surface area contributed by atoms with Crippen molar-refractivity contribution in [1.29, 1.82) is 0 Å². The second-order valence-corrected chi connectivity index (χ2v) is 8.23. The van der Waals surface area contributed by atoms with Gasteiger partial charge in [0, 0.05) is 32.2 Å². The van der Waals surface area contributed by atoms with Crippen LogP contribution in [0, 0.1) is 11.3 Å². The number of halogens is 3. The van der Waals surface area contributed by atoms with E-state index in [1.165, 1.54) is 11.0 Å². The number of carbonyl (C=O) groups excluding carboxylic acids is 2. The molecule has 152 valence electrons. The maximum Gasteiger partial charge on any atom is 0.416 e. The topological polar surface area (TPSA) is 92.7 Å². The minimum atomic E-state index is -4.42. The average molecular weight is 396 g/mol. The summed E-state index contributed by atoms with van der Waals surface area (Å²) in [6.45, 7) is 1.21. The fourth-order valence-electron chi connectivity index (χ4n) is 5.14. The van der Waals surface area contributed by atoms with Crippen LogP contribution in [0.3, 0.4) is 0 Å². The van der Waals surface area contributed by atoms with Gasteiger partial charge >= 0.3 is 12.2 Å². The number of urea groups is 1. The van der Waals surface area contributed by atoms with E-state index in [1.54, 1.807) is 4.90 Å². The Balaban J connectivity index is 1.60. The molecule has 6 nitrogen and oxygen atoms in total. The minimum Gasteiger partial charge on any atom is -0.351 e. The molecule has 2 heterocycles. The van der Waals surface area contributed by atoms with Gasteiger partial charge in [0.1, 0.15) is 0 Å². The molecule has 0 radical (unpaired) electrons. The van der Waals surface area contributed by atoms with Gasteiger partial charge in [-0.2, -0.15) is 13.2 Å². The summed E-state index contributed by atoms with van der Waals surface area (Å²) < 4.78 is 39.2. The molecule has 3 atom stereocenters. The predicted molar refractivity (Wildman–Crippen MR) is 94.9 cm³/mol. The lowest BCUT2D eigenvalue weighted by Gasteiger charge is -2.37. The molecule has 2 fully saturated rings. The second-order valence-electron chi connectivity index (χ2n) is 8.23. The summed E-state index contributed by atoms with van der Waals surface area (Å²) in [5, 5.41) is 0. The van der Waals surface area contributed by atoms with Crippen LogP contribution in [0.5, 0.6) is 0 Å². The van der Waals surface area contributed by atoms with E-state index in [1.807, 2.05) is 0 Å². The van der Waals surface area contributed by atoms with Crippen molar-refractivity contribution in [2.75, 3.05) is 19.6 Å². The third-order valence-corrected chi connectivity index (χ3v) is 6.48. The molecule has 28 heavy (non-hydrogen) atoms. The van der Waals surface area contributed by atoms with E-state index >= 15 is 0 Å². The fraction of sp³-hybridized carbons (Fsp3) is 0.579. The zero-order chi connectivity index (χ0) is 20.3. The van der Waals surface area contributed by atoms with Crippen LogP contribution in [-0.2, 0) is 23.9 Å². The number of amides is 3. The van der Waals surface area contributed by atoms with Crippen molar-refractivity contribution < 1.29 is 22.8 Å². The van der Waals surface area contributed by atoms with E-state index in [-0.39, 0.29) is 31.0 Å². The van der Waals surface area contributed by atoms with Crippen LogP contribution in [-0.4, -0.2) is 47.4 Å². The molecular formula is C19H23F3N4O2. The molecule has 4 N–H and O–H groups in total. The van der Waals surface area contributed by atoms with E-state index in [9.17, 15) is 22.8 Å². The third-order valence-electron chi connectivity index (χ3n) is 6.48. The van der Waals surface area contributed by atoms with Gasteiger partial charge in [-0.3, -0.25) is 4.79 Å². The van der Waals surface area contributed by atoms with Gasteiger partial charge in [0.05, 0.1) is 11.0 Å². The highest BCUT2D eigenvalue weighted by Gasteiger charge is 2.58. The first-order valence-corrected chi connectivity index (χ1v) is 9.38. The van der Waals surface area contributed by atoms with Gasteiger partial charge < -0.3 is 21.3 Å². The molecular weight excluding hydrogens is 373 g/mol. The number of hydrogen-bond acceptors (Lipinski definition) is 3. The van der Waals surface area contributed by atoms with E-state index in [0.29, 0.717) is 37.9 Å². The first-order valence-electron chi connectivity index (χ1n) is 9.38. The monoisotopic (exact) mass is 396 g/mol. The van der Waals surface area contributed by atoms with Crippen LogP contribution >= 0.6 is 0 Å². The predicted octanol–water partition coefficient (Wildman–Crippen LogP) is 1.71. The first kappa shape index (κ1) is 19.0. The average Bonchev–Trinajstić information content (AvgIpc) is 3.13. The summed E-state index contributed by atoms with van der Waals surface area (Å²) in [5.41, 5.74) is 11.4. The molecule has 0 bridgehead atoms. The summed E-state index contributed by atoms with van der Waals surface area (Å²) in [6, 6.07) is 3.03. The Labute approximate surface area is 160 Å². The fourth-order valence-corrected chi connectivity index (χ4v) is 5.14. The molecule has 1 saturated heterocycles. The van der Waals surface area contributed by atoms with Crippen molar-refractivity contribution in [3.63, 3.8) is 0 Å². The molecule has 0 spiro atoms. The minimum absolute atomic E-state index is 0.0644. The Morgan fingerprint density at radius 1 is 1.18 bits per heavy atom. The third kappa shape index (κ3) is 3.01. The summed E-state index contributed by atoms with van der Waals surface area (Å²) >= 11 is 0. The summed E-state index contributed by atoms with van der Waals surface area (Å²) in [7, 11) is 0. The van der Waals surface area contributed by atoms with Gasteiger partial charge in [0.15, 0.2) is 0 Å². The molecule has 0 aromatic heterocycles. The zero-order valence-electron chi connectivity index (χ0n) is 15.3. The molecule has 4 rings (SSSR count). The van der Waals surface area contributed by atoms with Crippen LogP contribution in [0.25, 0.3) is 0 Å². The number of nitrogens with two attached hydrogens (primary N) is 2. The van der Waals surface area contributed by atoms with Crippen LogP contribution in [0.2, 0.25) is 0 Å². The van der Waals surface area contributed by atoms with Gasteiger partial charge in [-0.25, -0.2) is 4.79 Å². The van der Waals surface area contributed by atoms with Crippen molar-refractivity contribution in [3.8, 4) is 0 Å². The number of rotatable bonds is 1. The van der Waals surface area contributed by atoms with Crippen molar-refractivity contribution in [1.82, 2.24) is 9.80 Å². The number of likely N-dealkylation sites (tertiary alicyclic amines) is 1. The summed E-state index contributed by atoms with van der Waals surface area (Å²) in [6.07, 6.45) is -2.81. The molecule has 1 aromatic carbocycles. The Kier molecular flexibility index (Phi) is 4.33. The normalized spacial score (nSPS) is 29.6. The first-order chi connectivity index (χ1) is 13.1. The van der Waals surface area contributed by atoms with Crippen molar-refractivity contribution in [3.05, 3.63) is 34.9 Å². The van der Waals surface area contributed by atoms with Crippen LogP contribution < -0.4 is 11.5 Å². The van der Waals surface area contributed by atoms with Crippen LogP contribution in [0.4, 0.5) is 18.0 Å². The number of alkyl halides is 3. The summed E-state index contributed by atoms with van der Waals surface area (Å²) in [4.78, 5) is 28.2. The lowest BCUT2D eigenvalue weighted by atomic mass is 9.78. The highest BCUT2D eigenvalue weighted by atomic mass is 19.4. The van der Waals surface area contributed by atoms with Crippen molar-refractivity contribution in [2.24, 2.45) is 22.8 Å². The summed E-state index contributed by atoms with van der Waals surface area (Å²) in [5.74, 6) is -0.192. The van der Waals surface area contributed by atoms with E-state index < -0.39 is 23.2 Å². The number of primary amides is 1. The lowest BCUT2D eigenvalue weighted by Crippen LogP contribution is -2.49. The molecule has 0 unspecified atom stereocenters. The molecule has 3 amide bonds. The van der Waals surface area contributed by atoms with Crippen LogP contribution in [0.15, 0.2) is 18.2 Å². The Hall–Kier alpha value is -2.29. The van der Waals surface area contributed by atoms with Gasteiger partial charge in [0.2, 0.25) is 5.91 Å². The van der Waals surface area contributed by atoms with Crippen LogP contribution in [0.1, 0.15) is 29.5 Å². The van der Waals surface area contributed by atoms with E-state index in [4.69, 9.17) is 11.5 Å². The molecule has 2 aliphatic heterocycles. The number of hydrogen-bond donors (Lipinski definition) is 2. The molecule has 1 aliphatic carbocycles. The maximum atomic E-state index is 13.5. The highest BCUT2D eigenvalue weighted by molar-refractivity contribution is 5.86. The number of carbonyl (C=O) groups is 2. The van der Waals surface area contributed by atoms with Gasteiger partial charge in [-0.15, -0.1) is 0 Å². The van der Waals surface area contributed by atoms with Gasteiger partial charge in [0.25, 0.3) is 0 Å². The van der Waals surface area contributed by atoms with Crippen molar-refractivity contribution in [2.45, 2.75) is 38.0 Å². The smallest absolute Gasteiger partial charge is 0.351 e. The van der Waals surface area contributed by atoms with E-state index in [0.717, 1.165) is 17.7 Å². The van der Waals surface area contributed by atoms with E-state index in [2.05, 4.69) is 0 Å². The van der Waals surface area contributed by atoms with Crippen molar-refractivity contribution >= 4 is 11.9 Å². The molecule has 9 heteroatoms. The molecule has 1 saturated carbocycles. The second kappa shape index (κ2) is 6.37. The SMILES string of the molecule is NC(=O)N1C[C@@H]2C[C@@H](N)C[C@]2(C(=O)N2CCc3ccc(C(F)(F)F)cc3C2)C1. The van der Waals surface area contributed by atoms with Gasteiger partial charge in [-0.1, -0.05) is 6.07 Å². The standard InChI is InChI=1S/C19H23F3N4O2/c20-19(21,22)13-2-1-11-3-4-25(8-12(11)5-13)16(27)18-7-15(23)6-14(18)9-26(10-18)17(24)28/h1-2,5,14-15H,3-4,6-10,23H2,(H2,24,28)/t14-,15+,18-/m0/s1. The number of nitrogens with zero attached hydrogens (tertiary/aromatic N) is 2. The maximum absolute atomic E-state index is 13.5.